The molecule has 21 heavy (non-hydrogen) atoms. The van der Waals surface area contributed by atoms with Crippen LogP contribution < -0.4 is 5.46 Å². The van der Waals surface area contributed by atoms with Gasteiger partial charge in [0.1, 0.15) is 1.37 Å². The number of aromatic nitrogens is 3. The normalized spacial score (nSPS) is 24.0. The summed E-state index contributed by atoms with van der Waals surface area (Å²) in [6.07, 6.45) is 2.33. The van der Waals surface area contributed by atoms with E-state index in [9.17, 15) is 0 Å². The Morgan fingerprint density at radius 3 is 2.57 bits per heavy atom. The summed E-state index contributed by atoms with van der Waals surface area (Å²) in [6.45, 7) is 5.19. The number of imidazole rings is 1. The molecule has 0 aliphatic carbocycles. The Morgan fingerprint density at radius 1 is 1.24 bits per heavy atom. The maximum absolute atomic E-state index is 8.10. The predicted octanol–water partition coefficient (Wildman–Crippen LogP) is 1.87. The van der Waals surface area contributed by atoms with Crippen LogP contribution in [0.3, 0.4) is 0 Å². The van der Waals surface area contributed by atoms with Gasteiger partial charge in [-0.1, -0.05) is 0 Å². The van der Waals surface area contributed by atoms with Crippen molar-refractivity contribution in [2.75, 3.05) is 0 Å². The summed E-state index contributed by atoms with van der Waals surface area (Å²) in [5.41, 5.74) is -0.473. The summed E-state index contributed by atoms with van der Waals surface area (Å²) in [5.74, 6) is 0. The number of hydrogen-bond donors (Lipinski definition) is 0. The lowest BCUT2D eigenvalue weighted by Gasteiger charge is -2.32. The number of hydrogen-bond acceptors (Lipinski definition) is 4. The summed E-state index contributed by atoms with van der Waals surface area (Å²) in [7, 11) is -0.651. The van der Waals surface area contributed by atoms with Crippen LogP contribution >= 0.6 is 0 Å². The van der Waals surface area contributed by atoms with Crippen molar-refractivity contribution in [2.45, 2.75) is 45.7 Å². The van der Waals surface area contributed by atoms with E-state index < -0.39 is 30.9 Å². The van der Waals surface area contributed by atoms with E-state index in [4.69, 9.17) is 16.2 Å². The highest BCUT2D eigenvalue weighted by Crippen LogP contribution is 2.36. The first-order valence-electron chi connectivity index (χ1n) is 9.21. The van der Waals surface area contributed by atoms with Gasteiger partial charge in [-0.05, 0) is 40.6 Å². The average molecular weight is 290 g/mol. The highest BCUT2D eigenvalue weighted by Gasteiger charge is 2.51. The van der Waals surface area contributed by atoms with Crippen molar-refractivity contribution in [3.63, 3.8) is 0 Å². The van der Waals surface area contributed by atoms with Gasteiger partial charge in [0.15, 0.2) is 0 Å². The van der Waals surface area contributed by atoms with Crippen LogP contribution in [0.4, 0.5) is 0 Å². The summed E-state index contributed by atoms with van der Waals surface area (Å²) in [4.78, 5) is 7.86. The molecule has 0 amide bonds. The second-order valence-electron chi connectivity index (χ2n) is 6.07. The van der Waals surface area contributed by atoms with Crippen molar-refractivity contribution in [1.29, 1.82) is 0 Å². The molecule has 0 aromatic carbocycles. The molecule has 1 fully saturated rings. The molecule has 1 aliphatic heterocycles. The third-order valence-electron chi connectivity index (χ3n) is 4.01. The molecule has 0 unspecified atom stereocenters. The second kappa shape index (κ2) is 4.68. The third-order valence-corrected chi connectivity index (χ3v) is 4.01. The summed E-state index contributed by atoms with van der Waals surface area (Å²) in [6, 6.07) is 1.66. The minimum absolute atomic E-state index is 0.339. The van der Waals surface area contributed by atoms with Gasteiger partial charge in [-0.25, -0.2) is 4.98 Å². The van der Waals surface area contributed by atoms with Crippen molar-refractivity contribution < 1.29 is 16.2 Å². The standard InChI is InChI=1S/C15H20BN3O2/c1-11-9-19(10-18-11)13-6-12(7-17-8-13)16-20-14(2,3)15(4,5)21-16/h6-10H,1-5H3/i1D3,9D,10D. The van der Waals surface area contributed by atoms with Crippen molar-refractivity contribution in [3.05, 3.63) is 36.6 Å². The van der Waals surface area contributed by atoms with Crippen LogP contribution in [0, 0.1) is 6.85 Å². The van der Waals surface area contributed by atoms with Gasteiger partial charge in [-0.15, -0.1) is 0 Å². The number of nitrogens with zero attached hydrogens (tertiary/aromatic N) is 3. The SMILES string of the molecule is [2H]c1nc(C([2H])([2H])[2H])c([2H])n1-c1cncc(B2OC(C)(C)C(C)(C)O2)c1. The Kier molecular flexibility index (Phi) is 2.09. The molecule has 6 heteroatoms. The lowest BCUT2D eigenvalue weighted by atomic mass is 9.80. The molecule has 3 rings (SSSR count). The first-order valence-corrected chi connectivity index (χ1v) is 6.71. The summed E-state index contributed by atoms with van der Waals surface area (Å²) in [5, 5.41) is 0. The molecule has 110 valence electrons. The Morgan fingerprint density at radius 2 is 1.95 bits per heavy atom. The highest BCUT2D eigenvalue weighted by molar-refractivity contribution is 6.62. The van der Waals surface area contributed by atoms with Crippen molar-refractivity contribution >= 4 is 12.6 Å². The van der Waals surface area contributed by atoms with Gasteiger partial charge in [0.2, 0.25) is 0 Å². The Labute approximate surface area is 132 Å². The number of aryl methyl sites for hydroxylation is 1. The van der Waals surface area contributed by atoms with Crippen LogP contribution in [0.25, 0.3) is 5.69 Å². The average Bonchev–Trinajstić information content (AvgIpc) is 2.92. The molecule has 5 nitrogen and oxygen atoms in total. The zero-order valence-electron chi connectivity index (χ0n) is 17.5. The van der Waals surface area contributed by atoms with Crippen LogP contribution in [0.1, 0.15) is 40.2 Å². The number of pyridine rings is 1. The molecule has 0 radical (unpaired) electrons. The van der Waals surface area contributed by atoms with Gasteiger partial charge in [-0.2, -0.15) is 0 Å². The van der Waals surface area contributed by atoms with Gasteiger partial charge < -0.3 is 13.9 Å². The quantitative estimate of drug-likeness (QED) is 0.792. The molecule has 0 bridgehead atoms. The zero-order valence-corrected chi connectivity index (χ0v) is 12.5. The van der Waals surface area contributed by atoms with Crippen LogP contribution in [0.15, 0.2) is 30.9 Å². The molecule has 3 heterocycles. The van der Waals surface area contributed by atoms with Crippen LogP contribution in [-0.4, -0.2) is 32.9 Å². The summed E-state index contributed by atoms with van der Waals surface area (Å²) < 4.78 is 51.5. The van der Waals surface area contributed by atoms with Crippen molar-refractivity contribution in [3.8, 4) is 5.69 Å². The van der Waals surface area contributed by atoms with E-state index in [0.29, 0.717) is 11.2 Å². The van der Waals surface area contributed by atoms with Crippen LogP contribution in [0.5, 0.6) is 0 Å². The smallest absolute Gasteiger partial charge is 0.399 e. The molecule has 2 aromatic rings. The fraction of sp³-hybridized carbons (Fsp3) is 0.467. The third kappa shape index (κ3) is 2.49. The number of rotatable bonds is 2. The van der Waals surface area contributed by atoms with E-state index in [0.717, 1.165) is 4.57 Å². The van der Waals surface area contributed by atoms with E-state index in [-0.39, 0.29) is 12.5 Å². The molecular formula is C15H20BN3O2. The fourth-order valence-electron chi connectivity index (χ4n) is 2.05. The molecule has 2 aromatic heterocycles. The van der Waals surface area contributed by atoms with E-state index in [1.54, 1.807) is 12.3 Å². The monoisotopic (exact) mass is 290 g/mol. The Hall–Kier alpha value is -1.66. The maximum Gasteiger partial charge on any atom is 0.496 e. The zero-order chi connectivity index (χ0) is 19.5. The minimum atomic E-state index is -2.56. The van der Waals surface area contributed by atoms with Crippen LogP contribution in [-0.2, 0) is 9.31 Å². The van der Waals surface area contributed by atoms with Crippen molar-refractivity contribution in [2.24, 2.45) is 0 Å². The molecule has 0 spiro atoms. The van der Waals surface area contributed by atoms with Gasteiger partial charge in [0.05, 0.1) is 36.5 Å². The van der Waals surface area contributed by atoms with Gasteiger partial charge in [-0.3, -0.25) is 4.98 Å². The van der Waals surface area contributed by atoms with Crippen LogP contribution in [0.2, 0.25) is 0 Å². The van der Waals surface area contributed by atoms with Gasteiger partial charge in [0, 0.05) is 21.9 Å². The first kappa shape index (κ1) is 9.38. The van der Waals surface area contributed by atoms with E-state index in [1.807, 2.05) is 27.7 Å². The predicted molar refractivity (Wildman–Crippen MR) is 81.8 cm³/mol. The topological polar surface area (TPSA) is 49.2 Å². The Balaban J connectivity index is 2.01. The lowest BCUT2D eigenvalue weighted by molar-refractivity contribution is 0.00578. The van der Waals surface area contributed by atoms with E-state index >= 15 is 0 Å². The second-order valence-corrected chi connectivity index (χ2v) is 6.07. The van der Waals surface area contributed by atoms with E-state index in [2.05, 4.69) is 9.97 Å². The fourth-order valence-corrected chi connectivity index (χ4v) is 2.05. The molecule has 0 N–H and O–H groups in total. The minimum Gasteiger partial charge on any atom is -0.399 e. The van der Waals surface area contributed by atoms with Gasteiger partial charge >= 0.3 is 7.12 Å². The molecule has 1 aliphatic rings. The largest absolute Gasteiger partial charge is 0.496 e. The molecular weight excluding hydrogens is 265 g/mol. The molecule has 0 saturated carbocycles. The molecule has 1 saturated heterocycles. The summed E-state index contributed by atoms with van der Waals surface area (Å²) >= 11 is 0. The maximum atomic E-state index is 8.10. The first-order chi connectivity index (χ1) is 11.8. The lowest BCUT2D eigenvalue weighted by Crippen LogP contribution is -2.41. The highest BCUT2D eigenvalue weighted by atomic mass is 16.7. The van der Waals surface area contributed by atoms with Gasteiger partial charge in [0.25, 0.3) is 0 Å². The Bertz CT molecular complexity index is 834. The molecule has 0 atom stereocenters. The van der Waals surface area contributed by atoms with E-state index in [1.165, 1.54) is 6.20 Å². The van der Waals surface area contributed by atoms with Crippen molar-refractivity contribution in [1.82, 2.24) is 14.5 Å².